The first-order valence-electron chi connectivity index (χ1n) is 7.00. The minimum atomic E-state index is -0.238. The number of unbranched alkanes of at least 4 members (excludes halogenated alkanes) is 1. The van der Waals surface area contributed by atoms with E-state index in [-0.39, 0.29) is 18.2 Å². The molecule has 20 heavy (non-hydrogen) atoms. The molecule has 5 nitrogen and oxygen atoms in total. The molecule has 0 saturated carbocycles. The van der Waals surface area contributed by atoms with Crippen LogP contribution in [0.25, 0.3) is 0 Å². The van der Waals surface area contributed by atoms with E-state index in [2.05, 4.69) is 18.8 Å². The summed E-state index contributed by atoms with van der Waals surface area (Å²) in [7, 11) is 0. The zero-order valence-corrected chi connectivity index (χ0v) is 12.1. The van der Waals surface area contributed by atoms with Crippen LogP contribution in [-0.2, 0) is 14.3 Å². The molecule has 0 saturated heterocycles. The highest BCUT2D eigenvalue weighted by atomic mass is 16.5. The normalized spacial score (nSPS) is 25.9. The van der Waals surface area contributed by atoms with E-state index < -0.39 is 0 Å². The quantitative estimate of drug-likeness (QED) is 0.595. The van der Waals surface area contributed by atoms with Crippen molar-refractivity contribution in [3.05, 3.63) is 36.3 Å². The molecular formula is C15H22N2O3. The lowest BCUT2D eigenvalue weighted by Crippen LogP contribution is -2.42. The van der Waals surface area contributed by atoms with Gasteiger partial charge in [-0.3, -0.25) is 4.79 Å². The first kappa shape index (κ1) is 14.8. The Labute approximate surface area is 119 Å². The summed E-state index contributed by atoms with van der Waals surface area (Å²) in [5, 5.41) is 2.71. The van der Waals surface area contributed by atoms with Gasteiger partial charge in [-0.15, -0.1) is 0 Å². The van der Waals surface area contributed by atoms with Crippen molar-refractivity contribution < 1.29 is 14.3 Å². The molecule has 0 aliphatic carbocycles. The molecule has 2 aliphatic heterocycles. The third-order valence-electron chi connectivity index (χ3n) is 3.26. The van der Waals surface area contributed by atoms with E-state index in [1.54, 1.807) is 13.1 Å². The number of carbonyl (C=O) groups excluding carboxylic acids is 1. The maximum atomic E-state index is 11.5. The number of nitrogens with zero attached hydrogens (tertiary/aromatic N) is 1. The minimum Gasteiger partial charge on any atom is -0.378 e. The Kier molecular flexibility index (Phi) is 4.98. The van der Waals surface area contributed by atoms with Crippen LogP contribution in [0.4, 0.5) is 0 Å². The van der Waals surface area contributed by atoms with Gasteiger partial charge in [-0.05, 0) is 19.4 Å². The van der Waals surface area contributed by atoms with Crippen LogP contribution < -0.4 is 5.32 Å². The number of nitrogens with one attached hydrogen (secondary N) is 1. The van der Waals surface area contributed by atoms with Gasteiger partial charge in [0.2, 0.25) is 0 Å². The van der Waals surface area contributed by atoms with Crippen LogP contribution in [0.15, 0.2) is 36.3 Å². The summed E-state index contributed by atoms with van der Waals surface area (Å²) in [5.41, 5.74) is 0.636. The zero-order valence-electron chi connectivity index (χ0n) is 12.1. The van der Waals surface area contributed by atoms with Crippen molar-refractivity contribution in [3.8, 4) is 0 Å². The molecule has 0 radical (unpaired) electrons. The van der Waals surface area contributed by atoms with Gasteiger partial charge >= 0.3 is 0 Å². The third kappa shape index (κ3) is 3.49. The van der Waals surface area contributed by atoms with Gasteiger partial charge in [-0.2, -0.15) is 0 Å². The van der Waals surface area contributed by atoms with Gasteiger partial charge in [0.25, 0.3) is 5.91 Å². The Morgan fingerprint density at radius 2 is 2.30 bits per heavy atom. The molecule has 0 aromatic heterocycles. The van der Waals surface area contributed by atoms with Crippen LogP contribution >= 0.6 is 0 Å². The Hall–Kier alpha value is -1.59. The molecule has 2 atom stereocenters. The van der Waals surface area contributed by atoms with Crippen molar-refractivity contribution in [1.82, 2.24) is 10.2 Å². The summed E-state index contributed by atoms with van der Waals surface area (Å²) < 4.78 is 11.4. The number of amides is 1. The first-order chi connectivity index (χ1) is 9.61. The Morgan fingerprint density at radius 1 is 1.50 bits per heavy atom. The maximum Gasteiger partial charge on any atom is 0.253 e. The third-order valence-corrected chi connectivity index (χ3v) is 3.26. The van der Waals surface area contributed by atoms with Gasteiger partial charge in [0.05, 0.1) is 6.61 Å². The predicted octanol–water partition coefficient (Wildman–Crippen LogP) is 1.89. The van der Waals surface area contributed by atoms with Gasteiger partial charge in [-0.25, -0.2) is 0 Å². The van der Waals surface area contributed by atoms with E-state index in [9.17, 15) is 4.79 Å². The second kappa shape index (κ2) is 6.72. The molecule has 0 fully saturated rings. The lowest BCUT2D eigenvalue weighted by atomic mass is 10.2. The molecule has 0 bridgehead atoms. The van der Waals surface area contributed by atoms with E-state index >= 15 is 0 Å². The fourth-order valence-corrected chi connectivity index (χ4v) is 2.05. The summed E-state index contributed by atoms with van der Waals surface area (Å²) in [6.07, 6.45) is 7.62. The van der Waals surface area contributed by atoms with E-state index in [4.69, 9.17) is 9.47 Å². The molecule has 110 valence electrons. The zero-order chi connectivity index (χ0) is 14.5. The maximum absolute atomic E-state index is 11.5. The lowest BCUT2D eigenvalue weighted by Gasteiger charge is -2.32. The standard InChI is InChI=1S/C15H22N2O3/c1-4-5-8-19-10-13-6-7-14(20-13)17-9-11(2)15(18)16-12(17)3/h6-7,9,13-14H,3-5,8,10H2,1-2H3,(H,16,18)/t13-,14+/m0/s1. The van der Waals surface area contributed by atoms with E-state index in [0.29, 0.717) is 18.0 Å². The highest BCUT2D eigenvalue weighted by molar-refractivity contribution is 5.94. The number of carbonyl (C=O) groups is 1. The van der Waals surface area contributed by atoms with Crippen molar-refractivity contribution in [2.24, 2.45) is 0 Å². The topological polar surface area (TPSA) is 50.8 Å². The summed E-state index contributed by atoms with van der Waals surface area (Å²) in [6, 6.07) is 0. The van der Waals surface area contributed by atoms with Crippen LogP contribution in [0.2, 0.25) is 0 Å². The predicted molar refractivity (Wildman–Crippen MR) is 76.4 cm³/mol. The second-order valence-corrected chi connectivity index (χ2v) is 5.00. The molecule has 0 aromatic rings. The van der Waals surface area contributed by atoms with Crippen LogP contribution in [0, 0.1) is 0 Å². The van der Waals surface area contributed by atoms with E-state index in [1.807, 2.05) is 17.1 Å². The first-order valence-corrected chi connectivity index (χ1v) is 7.00. The molecular weight excluding hydrogens is 256 g/mol. The van der Waals surface area contributed by atoms with Crippen molar-refractivity contribution in [2.45, 2.75) is 39.0 Å². The molecule has 0 aromatic carbocycles. The molecule has 2 aliphatic rings. The van der Waals surface area contributed by atoms with Gasteiger partial charge in [0, 0.05) is 18.4 Å². The SMILES string of the molecule is C=C1NC(=O)C(C)=CN1[C@H]1C=C[C@@H](COCCCC)O1. The van der Waals surface area contributed by atoms with Gasteiger partial charge < -0.3 is 19.7 Å². The van der Waals surface area contributed by atoms with Crippen molar-refractivity contribution >= 4 is 5.91 Å². The molecule has 5 heteroatoms. The molecule has 1 amide bonds. The van der Waals surface area contributed by atoms with Crippen LogP contribution in [0.5, 0.6) is 0 Å². The molecule has 0 unspecified atom stereocenters. The van der Waals surface area contributed by atoms with Crippen LogP contribution in [0.1, 0.15) is 26.7 Å². The Morgan fingerprint density at radius 3 is 3.05 bits per heavy atom. The summed E-state index contributed by atoms with van der Waals surface area (Å²) in [4.78, 5) is 13.3. The number of hydrogen-bond donors (Lipinski definition) is 1. The number of rotatable bonds is 6. The molecule has 2 heterocycles. The smallest absolute Gasteiger partial charge is 0.253 e. The van der Waals surface area contributed by atoms with Gasteiger partial charge in [0.15, 0.2) is 6.23 Å². The summed E-state index contributed by atoms with van der Waals surface area (Å²) in [5.74, 6) is 0.412. The average molecular weight is 278 g/mol. The molecule has 1 N–H and O–H groups in total. The lowest BCUT2D eigenvalue weighted by molar-refractivity contribution is -0.118. The molecule has 2 rings (SSSR count). The van der Waals surface area contributed by atoms with E-state index in [0.717, 1.165) is 19.4 Å². The number of ether oxygens (including phenoxy) is 2. The minimum absolute atomic E-state index is 0.0454. The van der Waals surface area contributed by atoms with Crippen LogP contribution in [0.3, 0.4) is 0 Å². The fourth-order valence-electron chi connectivity index (χ4n) is 2.05. The molecule has 0 spiro atoms. The highest BCUT2D eigenvalue weighted by Crippen LogP contribution is 2.22. The van der Waals surface area contributed by atoms with Crippen molar-refractivity contribution in [3.63, 3.8) is 0 Å². The van der Waals surface area contributed by atoms with Crippen LogP contribution in [-0.4, -0.2) is 36.4 Å². The largest absolute Gasteiger partial charge is 0.378 e. The van der Waals surface area contributed by atoms with Crippen molar-refractivity contribution in [1.29, 1.82) is 0 Å². The van der Waals surface area contributed by atoms with E-state index in [1.165, 1.54) is 0 Å². The monoisotopic (exact) mass is 278 g/mol. The van der Waals surface area contributed by atoms with Gasteiger partial charge in [0.1, 0.15) is 11.9 Å². The Bertz CT molecular complexity index is 442. The fraction of sp³-hybridized carbons (Fsp3) is 0.533. The highest BCUT2D eigenvalue weighted by Gasteiger charge is 2.28. The number of hydrogen-bond acceptors (Lipinski definition) is 4. The van der Waals surface area contributed by atoms with Crippen molar-refractivity contribution in [2.75, 3.05) is 13.2 Å². The summed E-state index contributed by atoms with van der Waals surface area (Å²) >= 11 is 0. The average Bonchev–Trinajstić information content (AvgIpc) is 2.87. The Balaban J connectivity index is 1.85. The summed E-state index contributed by atoms with van der Waals surface area (Å²) in [6.45, 7) is 9.06. The van der Waals surface area contributed by atoms with Gasteiger partial charge in [-0.1, -0.05) is 26.0 Å². The second-order valence-electron chi connectivity index (χ2n) is 5.00.